The molecule has 0 unspecified atom stereocenters. The molecule has 106 valence electrons. The van der Waals surface area contributed by atoms with Crippen LogP contribution < -0.4 is 5.32 Å². The third kappa shape index (κ3) is 3.44. The van der Waals surface area contributed by atoms with Crippen molar-refractivity contribution in [3.8, 4) is 0 Å². The summed E-state index contributed by atoms with van der Waals surface area (Å²) < 4.78 is 5.42. The summed E-state index contributed by atoms with van der Waals surface area (Å²) >= 11 is 0. The molecule has 1 aromatic heterocycles. The molecule has 5 heteroatoms. The van der Waals surface area contributed by atoms with Gasteiger partial charge in [0.2, 0.25) is 11.8 Å². The summed E-state index contributed by atoms with van der Waals surface area (Å²) in [6.07, 6.45) is 0.561. The number of rotatable bonds is 4. The monoisotopic (exact) mass is 273 g/mol. The lowest BCUT2D eigenvalue weighted by atomic mass is 10.0. The van der Waals surface area contributed by atoms with Crippen LogP contribution in [0.2, 0.25) is 0 Å². The quantitative estimate of drug-likeness (QED) is 0.930. The van der Waals surface area contributed by atoms with Crippen LogP contribution in [0, 0.1) is 19.8 Å². The minimum Gasteiger partial charge on any atom is -0.407 e. The van der Waals surface area contributed by atoms with E-state index >= 15 is 0 Å². The second-order valence-corrected chi connectivity index (χ2v) is 5.24. The van der Waals surface area contributed by atoms with Gasteiger partial charge < -0.3 is 4.42 Å². The van der Waals surface area contributed by atoms with Gasteiger partial charge in [0.1, 0.15) is 0 Å². The normalized spacial score (nSPS) is 10.8. The molecule has 1 heterocycles. The van der Waals surface area contributed by atoms with Crippen LogP contribution in [0.3, 0.4) is 0 Å². The highest BCUT2D eigenvalue weighted by Crippen LogP contribution is 2.15. The Morgan fingerprint density at radius 2 is 2.00 bits per heavy atom. The average Bonchev–Trinajstić information content (AvgIpc) is 2.81. The summed E-state index contributed by atoms with van der Waals surface area (Å²) in [5, 5.41) is 10.4. The highest BCUT2D eigenvalue weighted by atomic mass is 16.4. The molecule has 20 heavy (non-hydrogen) atoms. The van der Waals surface area contributed by atoms with Crippen molar-refractivity contribution in [3.05, 3.63) is 40.8 Å². The van der Waals surface area contributed by atoms with Gasteiger partial charge in [-0.25, -0.2) is 0 Å². The molecule has 0 bridgehead atoms. The Hall–Kier alpha value is -2.17. The van der Waals surface area contributed by atoms with Crippen molar-refractivity contribution < 1.29 is 9.21 Å². The smallest absolute Gasteiger partial charge is 0.322 e. The highest BCUT2D eigenvalue weighted by Gasteiger charge is 2.12. The number of nitrogens with zero attached hydrogens (tertiary/aromatic N) is 2. The molecule has 1 aromatic carbocycles. The number of aryl methyl sites for hydroxylation is 2. The van der Waals surface area contributed by atoms with E-state index in [-0.39, 0.29) is 17.8 Å². The van der Waals surface area contributed by atoms with E-state index in [9.17, 15) is 4.79 Å². The van der Waals surface area contributed by atoms with Gasteiger partial charge in [-0.15, -0.1) is 5.10 Å². The summed E-state index contributed by atoms with van der Waals surface area (Å²) in [4.78, 5) is 11.5. The Morgan fingerprint density at radius 3 is 2.65 bits per heavy atom. The predicted molar refractivity (Wildman–Crippen MR) is 76.5 cm³/mol. The van der Waals surface area contributed by atoms with Crippen LogP contribution in [0.5, 0.6) is 0 Å². The van der Waals surface area contributed by atoms with E-state index in [0.29, 0.717) is 12.3 Å². The van der Waals surface area contributed by atoms with Crippen LogP contribution in [-0.2, 0) is 11.2 Å². The first kappa shape index (κ1) is 14.2. The fourth-order valence-corrected chi connectivity index (χ4v) is 1.71. The number of anilines is 1. The minimum absolute atomic E-state index is 0.120. The molecule has 1 N–H and O–H groups in total. The number of amides is 1. The number of hydrogen-bond acceptors (Lipinski definition) is 4. The first-order chi connectivity index (χ1) is 9.45. The van der Waals surface area contributed by atoms with E-state index in [0.717, 1.165) is 5.56 Å². The summed E-state index contributed by atoms with van der Waals surface area (Å²) in [6, 6.07) is 6.37. The van der Waals surface area contributed by atoms with Crippen LogP contribution in [0.1, 0.15) is 36.4 Å². The fraction of sp³-hybridized carbons (Fsp3) is 0.400. The summed E-state index contributed by atoms with van der Waals surface area (Å²) in [7, 11) is 0. The number of benzene rings is 1. The Bertz CT molecular complexity index is 617. The molecule has 0 aliphatic rings. The fourth-order valence-electron chi connectivity index (χ4n) is 1.71. The molecule has 0 radical (unpaired) electrons. The Kier molecular flexibility index (Phi) is 4.17. The molecule has 0 saturated heterocycles. The van der Waals surface area contributed by atoms with Crippen LogP contribution in [-0.4, -0.2) is 16.1 Å². The minimum atomic E-state index is -0.133. The lowest BCUT2D eigenvalue weighted by Gasteiger charge is -2.03. The van der Waals surface area contributed by atoms with Gasteiger partial charge in [0.25, 0.3) is 0 Å². The second kappa shape index (κ2) is 5.86. The van der Waals surface area contributed by atoms with Crippen LogP contribution >= 0.6 is 0 Å². The molecular weight excluding hydrogens is 254 g/mol. The maximum atomic E-state index is 11.5. The zero-order valence-electron chi connectivity index (χ0n) is 12.2. The third-order valence-corrected chi connectivity index (χ3v) is 3.15. The number of hydrogen-bond donors (Lipinski definition) is 1. The van der Waals surface area contributed by atoms with E-state index in [1.165, 1.54) is 11.1 Å². The van der Waals surface area contributed by atoms with E-state index in [4.69, 9.17) is 4.42 Å². The van der Waals surface area contributed by atoms with E-state index in [1.54, 1.807) is 0 Å². The Balaban J connectivity index is 2.05. The first-order valence-corrected chi connectivity index (χ1v) is 6.65. The van der Waals surface area contributed by atoms with Gasteiger partial charge in [-0.1, -0.05) is 37.1 Å². The maximum absolute atomic E-state index is 11.5. The third-order valence-electron chi connectivity index (χ3n) is 3.15. The number of aromatic nitrogens is 2. The molecule has 2 rings (SSSR count). The van der Waals surface area contributed by atoms with Gasteiger partial charge in [0, 0.05) is 5.92 Å². The van der Waals surface area contributed by atoms with Crippen LogP contribution in [0.15, 0.2) is 22.6 Å². The number of carbonyl (C=O) groups excluding carboxylic acids is 1. The Morgan fingerprint density at radius 1 is 1.25 bits per heavy atom. The molecule has 1 amide bonds. The van der Waals surface area contributed by atoms with Gasteiger partial charge in [0.05, 0.1) is 6.42 Å². The molecule has 0 spiro atoms. The summed E-state index contributed by atoms with van der Waals surface area (Å²) in [5.74, 6) is 0.240. The molecule has 0 aliphatic carbocycles. The summed E-state index contributed by atoms with van der Waals surface area (Å²) in [5.41, 5.74) is 3.60. The largest absolute Gasteiger partial charge is 0.407 e. The van der Waals surface area contributed by atoms with Crippen molar-refractivity contribution in [2.24, 2.45) is 5.92 Å². The molecule has 2 aromatic rings. The van der Waals surface area contributed by atoms with Crippen molar-refractivity contribution in [3.63, 3.8) is 0 Å². The van der Waals surface area contributed by atoms with Crippen LogP contribution in [0.25, 0.3) is 0 Å². The van der Waals surface area contributed by atoms with E-state index in [1.807, 2.05) is 19.9 Å². The molecule has 0 fully saturated rings. The lowest BCUT2D eigenvalue weighted by Crippen LogP contribution is -2.17. The number of carbonyl (C=O) groups is 1. The van der Waals surface area contributed by atoms with Crippen LogP contribution in [0.4, 0.5) is 6.01 Å². The maximum Gasteiger partial charge on any atom is 0.322 e. The van der Waals surface area contributed by atoms with Crippen molar-refractivity contribution in [1.82, 2.24) is 10.2 Å². The number of nitrogens with one attached hydrogen (secondary N) is 1. The molecule has 0 aliphatic heterocycles. The molecular formula is C15H19N3O2. The van der Waals surface area contributed by atoms with Crippen molar-refractivity contribution in [1.29, 1.82) is 0 Å². The summed E-state index contributed by atoms with van der Waals surface area (Å²) in [6.45, 7) is 7.76. The van der Waals surface area contributed by atoms with Crippen molar-refractivity contribution >= 4 is 11.9 Å². The van der Waals surface area contributed by atoms with E-state index < -0.39 is 0 Å². The SMILES string of the molecule is Cc1ccc(Cc2nnc(NC(=O)C(C)C)o2)cc1C. The zero-order chi connectivity index (χ0) is 14.7. The topological polar surface area (TPSA) is 68.0 Å². The highest BCUT2D eigenvalue weighted by molar-refractivity contribution is 5.89. The van der Waals surface area contributed by atoms with Gasteiger partial charge in [0.15, 0.2) is 0 Å². The Labute approximate surface area is 118 Å². The standard InChI is InChI=1S/C15H19N3O2/c1-9(2)14(19)16-15-18-17-13(20-15)8-12-6-5-10(3)11(4)7-12/h5-7,9H,8H2,1-4H3,(H,16,18,19). The second-order valence-electron chi connectivity index (χ2n) is 5.24. The lowest BCUT2D eigenvalue weighted by molar-refractivity contribution is -0.119. The van der Waals surface area contributed by atoms with Crippen molar-refractivity contribution in [2.45, 2.75) is 34.1 Å². The molecule has 0 saturated carbocycles. The molecule has 0 atom stereocenters. The van der Waals surface area contributed by atoms with Crippen molar-refractivity contribution in [2.75, 3.05) is 5.32 Å². The molecule has 5 nitrogen and oxygen atoms in total. The van der Waals surface area contributed by atoms with Gasteiger partial charge in [-0.05, 0) is 30.5 Å². The average molecular weight is 273 g/mol. The first-order valence-electron chi connectivity index (χ1n) is 6.65. The van der Waals surface area contributed by atoms with Gasteiger partial charge >= 0.3 is 6.01 Å². The van der Waals surface area contributed by atoms with Gasteiger partial charge in [-0.2, -0.15) is 0 Å². The van der Waals surface area contributed by atoms with Gasteiger partial charge in [-0.3, -0.25) is 10.1 Å². The zero-order valence-corrected chi connectivity index (χ0v) is 12.2. The predicted octanol–water partition coefficient (Wildman–Crippen LogP) is 2.87. The van der Waals surface area contributed by atoms with E-state index in [2.05, 4.69) is 41.5 Å².